The van der Waals surface area contributed by atoms with Crippen LogP contribution in [0.4, 0.5) is 28.8 Å². The zero-order valence-electron chi connectivity index (χ0n) is 12.2. The van der Waals surface area contributed by atoms with E-state index in [1.807, 2.05) is 0 Å². The van der Waals surface area contributed by atoms with Gasteiger partial charge >= 0.3 is 173 Å². The Kier molecular flexibility index (Phi) is 43.9. The molecule has 0 aromatic heterocycles. The first kappa shape index (κ1) is 40.0. The van der Waals surface area contributed by atoms with Crippen molar-refractivity contribution < 1.29 is 228 Å². The maximum atomic E-state index is 9.17. The Hall–Kier alpha value is 1.13. The maximum absolute atomic E-state index is 9.17. The van der Waals surface area contributed by atoms with Crippen LogP contribution in [0.1, 0.15) is 0 Å². The van der Waals surface area contributed by atoms with Crippen molar-refractivity contribution in [2.24, 2.45) is 0 Å². The van der Waals surface area contributed by atoms with E-state index < -0.39 is 36.9 Å². The molecule has 0 heterocycles. The molecule has 0 aromatic carbocycles. The van der Waals surface area contributed by atoms with Crippen molar-refractivity contribution in [3.63, 3.8) is 0 Å². The molecule has 0 amide bonds. The Bertz CT molecular complexity index is 322. The van der Waals surface area contributed by atoms with Gasteiger partial charge in [-0.2, -0.15) is 0 Å². The fourth-order valence-electron chi connectivity index (χ4n) is 0.214. The molecule has 0 saturated carbocycles. The van der Waals surface area contributed by atoms with E-state index in [9.17, 15) is 0 Å². The molecule has 0 spiro atoms. The summed E-state index contributed by atoms with van der Waals surface area (Å²) in [6, 6.07) is 0. The van der Waals surface area contributed by atoms with Crippen LogP contribution in [0.15, 0.2) is 0 Å². The maximum Gasteiger partial charge on any atom is 1.00 e. The standard InChI is InChI=1S/3C2H2O5.3K/c3*3-1(4)7-2(5)6;;;/h3*(H,3,4)(H,5,6);;;/q;;;3*+1/p-3. The molecule has 0 rings (SSSR count). The van der Waals surface area contributed by atoms with Crippen molar-refractivity contribution in [3.05, 3.63) is 0 Å². The molecular weight excluding hydrogens is 429 g/mol. The fourth-order valence-corrected chi connectivity index (χ4v) is 0.214. The summed E-state index contributed by atoms with van der Waals surface area (Å²) in [7, 11) is 0. The molecule has 0 fully saturated rings. The number of ether oxygens (including phenoxy) is 3. The molecule has 18 heteroatoms. The van der Waals surface area contributed by atoms with Crippen molar-refractivity contribution in [1.29, 1.82) is 0 Å². The molecule has 0 aliphatic rings. The molecule has 0 radical (unpaired) electrons. The zero-order valence-corrected chi connectivity index (χ0v) is 21.6. The summed E-state index contributed by atoms with van der Waals surface area (Å²) in [6.07, 6.45) is -11.8. The number of hydrogen-bond acceptors (Lipinski definition) is 12. The second-order valence-corrected chi connectivity index (χ2v) is 1.85. The second-order valence-electron chi connectivity index (χ2n) is 1.85. The zero-order chi connectivity index (χ0) is 17.6. The van der Waals surface area contributed by atoms with E-state index >= 15 is 0 Å². The topological polar surface area (TPSA) is 260 Å². The Morgan fingerprint density at radius 3 is 0.625 bits per heavy atom. The largest absolute Gasteiger partial charge is 1.00 e. The Labute approximate surface area is 258 Å². The molecule has 0 aliphatic heterocycles. The van der Waals surface area contributed by atoms with E-state index in [2.05, 4.69) is 14.2 Å². The number of rotatable bonds is 0. The summed E-state index contributed by atoms with van der Waals surface area (Å²) in [5.74, 6) is 0. The second kappa shape index (κ2) is 26.4. The van der Waals surface area contributed by atoms with E-state index in [0.717, 1.165) is 0 Å². The van der Waals surface area contributed by atoms with Gasteiger partial charge in [0.25, 0.3) is 18.5 Å². The van der Waals surface area contributed by atoms with Gasteiger partial charge in [-0.15, -0.1) is 0 Å². The van der Waals surface area contributed by atoms with Gasteiger partial charge in [0.2, 0.25) is 0 Å². The summed E-state index contributed by atoms with van der Waals surface area (Å²) in [5.41, 5.74) is 0. The van der Waals surface area contributed by atoms with Crippen LogP contribution in [-0.4, -0.2) is 52.3 Å². The molecule has 120 valence electrons. The summed E-state index contributed by atoms with van der Waals surface area (Å²) in [4.78, 5) is 54.8. The van der Waals surface area contributed by atoms with Gasteiger partial charge in [-0.3, -0.25) is 0 Å². The molecule has 0 aliphatic carbocycles. The summed E-state index contributed by atoms with van der Waals surface area (Å²) < 4.78 is 8.92. The smallest absolute Gasteiger partial charge is 0.464 e. The van der Waals surface area contributed by atoms with E-state index in [0.29, 0.717) is 0 Å². The van der Waals surface area contributed by atoms with Crippen LogP contribution in [0.2, 0.25) is 0 Å². The first-order chi connectivity index (χ1) is 9.38. The Morgan fingerprint density at radius 1 is 0.500 bits per heavy atom. The molecule has 0 bridgehead atoms. The Balaban J connectivity index is -0.0000000476. The molecule has 0 unspecified atom stereocenters. The van der Waals surface area contributed by atoms with Gasteiger partial charge in [0, 0.05) is 0 Å². The van der Waals surface area contributed by atoms with Crippen molar-refractivity contribution in [2.75, 3.05) is 0 Å². The first-order valence-corrected chi connectivity index (χ1v) is 3.73. The molecule has 0 saturated heterocycles. The van der Waals surface area contributed by atoms with Crippen LogP contribution in [0.5, 0.6) is 0 Å². The van der Waals surface area contributed by atoms with Crippen LogP contribution >= 0.6 is 0 Å². The summed E-state index contributed by atoms with van der Waals surface area (Å²) >= 11 is 0. The third-order valence-corrected chi connectivity index (χ3v) is 0.512. The summed E-state index contributed by atoms with van der Waals surface area (Å²) in [6.45, 7) is 0. The SMILES string of the molecule is O=C([O-])OC(=O)O.O=C([O-])OC(=O)O.O=C([O-])OC(=O)O.[K+].[K+].[K+]. The van der Waals surface area contributed by atoms with Crippen molar-refractivity contribution >= 4 is 36.9 Å². The third-order valence-electron chi connectivity index (χ3n) is 0.512. The normalized spacial score (nSPS) is 6.50. The van der Waals surface area contributed by atoms with Crippen LogP contribution in [-0.2, 0) is 14.2 Å². The fraction of sp³-hybridized carbons (Fsp3) is 0. The first-order valence-electron chi connectivity index (χ1n) is 3.73. The van der Waals surface area contributed by atoms with E-state index in [-0.39, 0.29) is 154 Å². The number of carbonyl (C=O) groups is 6. The van der Waals surface area contributed by atoms with Crippen LogP contribution < -0.4 is 169 Å². The quantitative estimate of drug-likeness (QED) is 0.139. The van der Waals surface area contributed by atoms with Gasteiger partial charge in [0.1, 0.15) is 0 Å². The van der Waals surface area contributed by atoms with Crippen LogP contribution in [0, 0.1) is 0 Å². The number of carboxylic acid groups (broad SMARTS) is 6. The van der Waals surface area contributed by atoms with E-state index in [1.54, 1.807) is 0 Å². The minimum atomic E-state index is -2.06. The molecule has 0 atom stereocenters. The van der Waals surface area contributed by atoms with Gasteiger partial charge in [0.05, 0.1) is 0 Å². The third kappa shape index (κ3) is 65.7. The Morgan fingerprint density at radius 2 is 0.625 bits per heavy atom. The van der Waals surface area contributed by atoms with Gasteiger partial charge in [0.15, 0.2) is 0 Å². The average molecular weight is 432 g/mol. The minimum Gasteiger partial charge on any atom is -0.464 e. The van der Waals surface area contributed by atoms with E-state index in [4.69, 9.17) is 59.4 Å². The minimum absolute atomic E-state index is 0. The van der Waals surface area contributed by atoms with Crippen molar-refractivity contribution in [3.8, 4) is 0 Å². The van der Waals surface area contributed by atoms with Crippen LogP contribution in [0.25, 0.3) is 0 Å². The number of carbonyl (C=O) groups excluding carboxylic acids is 3. The molecular formula is C6H3K3O15. The average Bonchev–Trinajstić information content (AvgIpc) is 2.10. The molecule has 15 nitrogen and oxygen atoms in total. The molecule has 24 heavy (non-hydrogen) atoms. The monoisotopic (exact) mass is 432 g/mol. The predicted octanol–water partition coefficient (Wildman–Crippen LogP) is -11.9. The van der Waals surface area contributed by atoms with Gasteiger partial charge in [-0.25, -0.2) is 14.4 Å². The van der Waals surface area contributed by atoms with Gasteiger partial charge < -0.3 is 59.2 Å². The van der Waals surface area contributed by atoms with Gasteiger partial charge in [-0.1, -0.05) is 0 Å². The van der Waals surface area contributed by atoms with E-state index in [1.165, 1.54) is 0 Å². The molecule has 3 N–H and O–H groups in total. The molecule has 0 aromatic rings. The predicted molar refractivity (Wildman–Crippen MR) is 43.5 cm³/mol. The van der Waals surface area contributed by atoms with Crippen molar-refractivity contribution in [1.82, 2.24) is 0 Å². The summed E-state index contributed by atoms with van der Waals surface area (Å²) in [5, 5.41) is 49.6. The van der Waals surface area contributed by atoms with Gasteiger partial charge in [-0.05, 0) is 0 Å². The number of hydrogen-bond donors (Lipinski definition) is 3. The van der Waals surface area contributed by atoms with Crippen LogP contribution in [0.3, 0.4) is 0 Å². The van der Waals surface area contributed by atoms with Crippen molar-refractivity contribution in [2.45, 2.75) is 0 Å².